The number of rotatable bonds is 3. The maximum Gasteiger partial charge on any atom is 0.0449 e. The average molecular weight is 221 g/mol. The van der Waals surface area contributed by atoms with E-state index in [4.69, 9.17) is 10.8 Å². The molecule has 0 saturated heterocycles. The molecule has 2 nitrogen and oxygen atoms in total. The van der Waals surface area contributed by atoms with Crippen LogP contribution in [0.3, 0.4) is 0 Å². The van der Waals surface area contributed by atoms with Crippen LogP contribution in [0.15, 0.2) is 18.2 Å². The molecular weight excluding hydrogens is 198 g/mol. The minimum Gasteiger partial charge on any atom is -0.396 e. The predicted molar refractivity (Wildman–Crippen MR) is 68.5 cm³/mol. The molecule has 0 aromatic heterocycles. The van der Waals surface area contributed by atoms with E-state index >= 15 is 0 Å². The number of hydrogen-bond acceptors (Lipinski definition) is 2. The van der Waals surface area contributed by atoms with E-state index in [0.717, 1.165) is 5.56 Å². The molecule has 0 bridgehead atoms. The third kappa shape index (κ3) is 3.06. The second-order valence-corrected chi connectivity index (χ2v) is 5.44. The molecule has 0 saturated carbocycles. The fourth-order valence-corrected chi connectivity index (χ4v) is 1.80. The molecule has 3 N–H and O–H groups in total. The lowest BCUT2D eigenvalue weighted by Crippen LogP contribution is -2.16. The monoisotopic (exact) mass is 221 g/mol. The van der Waals surface area contributed by atoms with Gasteiger partial charge in [-0.2, -0.15) is 0 Å². The van der Waals surface area contributed by atoms with E-state index < -0.39 is 0 Å². The molecular formula is C14H23NO. The minimum atomic E-state index is -0.0627. The average Bonchev–Trinajstić information content (AvgIpc) is 2.16. The quantitative estimate of drug-likeness (QED) is 0.824. The lowest BCUT2D eigenvalue weighted by molar-refractivity contribution is 0.276. The van der Waals surface area contributed by atoms with Crippen LogP contribution in [-0.4, -0.2) is 11.7 Å². The molecule has 1 rings (SSSR count). The van der Waals surface area contributed by atoms with Gasteiger partial charge in [-0.3, -0.25) is 0 Å². The molecule has 0 fully saturated rings. The third-order valence-electron chi connectivity index (χ3n) is 2.98. The Morgan fingerprint density at radius 3 is 2.44 bits per heavy atom. The highest BCUT2D eigenvalue weighted by Crippen LogP contribution is 2.27. The Kier molecular flexibility index (Phi) is 4.11. The number of hydrogen-bond donors (Lipinski definition) is 2. The van der Waals surface area contributed by atoms with Gasteiger partial charge in [-0.1, -0.05) is 39.0 Å². The van der Waals surface area contributed by atoms with Crippen LogP contribution < -0.4 is 5.73 Å². The van der Waals surface area contributed by atoms with Gasteiger partial charge < -0.3 is 10.8 Å². The van der Waals surface area contributed by atoms with Crippen molar-refractivity contribution in [1.82, 2.24) is 0 Å². The lowest BCUT2D eigenvalue weighted by atomic mass is 9.84. The summed E-state index contributed by atoms with van der Waals surface area (Å²) in [6, 6.07) is 6.39. The summed E-state index contributed by atoms with van der Waals surface area (Å²) in [6.07, 6.45) is 0.619. The van der Waals surface area contributed by atoms with Gasteiger partial charge in [-0.25, -0.2) is 0 Å². The van der Waals surface area contributed by atoms with Gasteiger partial charge in [0.15, 0.2) is 0 Å². The first-order valence-electron chi connectivity index (χ1n) is 5.83. The third-order valence-corrected chi connectivity index (χ3v) is 2.98. The van der Waals surface area contributed by atoms with Crippen LogP contribution in [-0.2, 0) is 5.41 Å². The summed E-state index contributed by atoms with van der Waals surface area (Å²) in [5.41, 5.74) is 9.85. The number of nitrogens with two attached hydrogens (primary N) is 1. The van der Waals surface area contributed by atoms with E-state index in [1.165, 1.54) is 11.1 Å². The summed E-state index contributed by atoms with van der Waals surface area (Å²) in [6.45, 7) is 8.79. The first kappa shape index (κ1) is 13.2. The molecule has 1 aromatic carbocycles. The van der Waals surface area contributed by atoms with Crippen LogP contribution in [0.1, 0.15) is 49.9 Å². The molecule has 0 heterocycles. The number of aliphatic hydroxyl groups is 1. The van der Waals surface area contributed by atoms with E-state index in [2.05, 4.69) is 45.9 Å². The Bertz CT molecular complexity index is 352. The van der Waals surface area contributed by atoms with Gasteiger partial charge in [-0.15, -0.1) is 0 Å². The summed E-state index contributed by atoms with van der Waals surface area (Å²) < 4.78 is 0. The lowest BCUT2D eigenvalue weighted by Gasteiger charge is -2.22. The van der Waals surface area contributed by atoms with Crippen molar-refractivity contribution in [2.24, 2.45) is 5.73 Å². The zero-order valence-corrected chi connectivity index (χ0v) is 10.7. The highest BCUT2D eigenvalue weighted by atomic mass is 16.3. The van der Waals surface area contributed by atoms with Gasteiger partial charge in [-0.05, 0) is 35.4 Å². The van der Waals surface area contributed by atoms with Crippen molar-refractivity contribution >= 4 is 0 Å². The van der Waals surface area contributed by atoms with Crippen molar-refractivity contribution in [3.8, 4) is 0 Å². The summed E-state index contributed by atoms with van der Waals surface area (Å²) in [5.74, 6) is 0. The van der Waals surface area contributed by atoms with Crippen LogP contribution in [0.2, 0.25) is 0 Å². The molecule has 2 heteroatoms. The first-order valence-corrected chi connectivity index (χ1v) is 5.83. The van der Waals surface area contributed by atoms with Gasteiger partial charge in [0.05, 0.1) is 0 Å². The zero-order chi connectivity index (χ0) is 12.3. The van der Waals surface area contributed by atoms with Crippen LogP contribution in [0.4, 0.5) is 0 Å². The van der Waals surface area contributed by atoms with Crippen molar-refractivity contribution in [3.05, 3.63) is 34.9 Å². The van der Waals surface area contributed by atoms with E-state index in [1.54, 1.807) is 0 Å². The van der Waals surface area contributed by atoms with Crippen molar-refractivity contribution in [3.63, 3.8) is 0 Å². The Morgan fingerprint density at radius 2 is 1.94 bits per heavy atom. The zero-order valence-electron chi connectivity index (χ0n) is 10.7. The van der Waals surface area contributed by atoms with Crippen molar-refractivity contribution < 1.29 is 5.11 Å². The maximum atomic E-state index is 8.94. The van der Waals surface area contributed by atoms with Crippen molar-refractivity contribution in [1.29, 1.82) is 0 Å². The topological polar surface area (TPSA) is 46.2 Å². The van der Waals surface area contributed by atoms with E-state index in [0.29, 0.717) is 6.42 Å². The summed E-state index contributed by atoms with van der Waals surface area (Å²) in [7, 11) is 0. The fourth-order valence-electron chi connectivity index (χ4n) is 1.80. The first-order chi connectivity index (χ1) is 7.36. The van der Waals surface area contributed by atoms with Gasteiger partial charge in [0, 0.05) is 12.6 Å². The van der Waals surface area contributed by atoms with Crippen molar-refractivity contribution in [2.75, 3.05) is 6.61 Å². The van der Waals surface area contributed by atoms with Crippen LogP contribution in [0.5, 0.6) is 0 Å². The second kappa shape index (κ2) is 4.98. The highest BCUT2D eigenvalue weighted by molar-refractivity contribution is 5.36. The number of aliphatic hydroxyl groups excluding tert-OH is 1. The standard InChI is InChI=1S/C14H23NO/c1-10-5-6-11(14(2,3)4)9-12(10)13(15)7-8-16/h5-6,9,13,16H,7-8,15H2,1-4H3. The Labute approximate surface area is 98.5 Å². The second-order valence-electron chi connectivity index (χ2n) is 5.44. The highest BCUT2D eigenvalue weighted by Gasteiger charge is 2.16. The van der Waals surface area contributed by atoms with Gasteiger partial charge in [0.1, 0.15) is 0 Å². The molecule has 0 aliphatic rings. The smallest absolute Gasteiger partial charge is 0.0449 e. The minimum absolute atomic E-state index is 0.0627. The number of aryl methyl sites for hydroxylation is 1. The van der Waals surface area contributed by atoms with Crippen LogP contribution >= 0.6 is 0 Å². The molecule has 90 valence electrons. The fraction of sp³-hybridized carbons (Fsp3) is 0.571. The van der Waals surface area contributed by atoms with E-state index in [9.17, 15) is 0 Å². The summed E-state index contributed by atoms with van der Waals surface area (Å²) in [4.78, 5) is 0. The molecule has 1 unspecified atom stereocenters. The van der Waals surface area contributed by atoms with E-state index in [-0.39, 0.29) is 18.1 Å². The summed E-state index contributed by atoms with van der Waals surface area (Å²) >= 11 is 0. The van der Waals surface area contributed by atoms with Crippen LogP contribution in [0, 0.1) is 6.92 Å². The Morgan fingerprint density at radius 1 is 1.31 bits per heavy atom. The molecule has 16 heavy (non-hydrogen) atoms. The predicted octanol–water partition coefficient (Wildman–Crippen LogP) is 2.67. The maximum absolute atomic E-state index is 8.94. The molecule has 0 amide bonds. The van der Waals surface area contributed by atoms with Crippen LogP contribution in [0.25, 0.3) is 0 Å². The van der Waals surface area contributed by atoms with Gasteiger partial charge in [0.2, 0.25) is 0 Å². The molecule has 0 aliphatic heterocycles. The van der Waals surface area contributed by atoms with E-state index in [1.807, 2.05) is 0 Å². The molecule has 0 spiro atoms. The van der Waals surface area contributed by atoms with Crippen molar-refractivity contribution in [2.45, 2.75) is 45.6 Å². The molecule has 0 radical (unpaired) electrons. The van der Waals surface area contributed by atoms with Gasteiger partial charge in [0.25, 0.3) is 0 Å². The number of benzene rings is 1. The Hall–Kier alpha value is -0.860. The normalized spacial score (nSPS) is 13.9. The molecule has 1 aromatic rings. The Balaban J connectivity index is 3.09. The van der Waals surface area contributed by atoms with Gasteiger partial charge >= 0.3 is 0 Å². The SMILES string of the molecule is Cc1ccc(C(C)(C)C)cc1C(N)CCO. The molecule has 0 aliphatic carbocycles. The largest absolute Gasteiger partial charge is 0.396 e. The molecule has 1 atom stereocenters. The summed E-state index contributed by atoms with van der Waals surface area (Å²) in [5, 5.41) is 8.94.